The van der Waals surface area contributed by atoms with Crippen LogP contribution in [-0.2, 0) is 14.3 Å². The van der Waals surface area contributed by atoms with Crippen LogP contribution in [0.15, 0.2) is 0 Å². The zero-order chi connectivity index (χ0) is 17.4. The molecule has 2 aliphatic heterocycles. The lowest BCUT2D eigenvalue weighted by Gasteiger charge is -2.61. The molecule has 25 heavy (non-hydrogen) atoms. The molecule has 0 bridgehead atoms. The maximum Gasteiger partial charge on any atom is 0.306 e. The number of rotatable bonds is 0. The monoisotopic (exact) mass is 345 g/mol. The maximum absolute atomic E-state index is 11.9. The number of hydrogen-bond acceptors (Lipinski definition) is 3. The fourth-order valence-electron chi connectivity index (χ4n) is 8.00. The van der Waals surface area contributed by atoms with Gasteiger partial charge in [-0.05, 0) is 74.5 Å². The van der Waals surface area contributed by atoms with Crippen molar-refractivity contribution in [3.05, 3.63) is 0 Å². The molecule has 138 valence electrons. The SMILES string of the molecule is CC12CCC(=O)NC1CCC1C2CCC2(C)C1CC[C@@]21CCC(=O)O1. The van der Waals surface area contributed by atoms with Crippen molar-refractivity contribution in [2.75, 3.05) is 0 Å². The van der Waals surface area contributed by atoms with Crippen molar-refractivity contribution in [3.63, 3.8) is 0 Å². The van der Waals surface area contributed by atoms with Gasteiger partial charge in [0, 0.05) is 24.3 Å². The first kappa shape index (κ1) is 16.1. The summed E-state index contributed by atoms with van der Waals surface area (Å²) < 4.78 is 6.01. The van der Waals surface area contributed by atoms with Crippen LogP contribution in [0.5, 0.6) is 0 Å². The van der Waals surface area contributed by atoms with E-state index in [1.54, 1.807) is 0 Å². The smallest absolute Gasteiger partial charge is 0.306 e. The number of amides is 1. The Kier molecular flexibility index (Phi) is 3.24. The van der Waals surface area contributed by atoms with Crippen molar-refractivity contribution >= 4 is 11.9 Å². The first-order valence-electron chi connectivity index (χ1n) is 10.4. The summed E-state index contributed by atoms with van der Waals surface area (Å²) in [6, 6.07) is 0.374. The van der Waals surface area contributed by atoms with Gasteiger partial charge < -0.3 is 10.1 Å². The highest BCUT2D eigenvalue weighted by atomic mass is 16.6. The van der Waals surface area contributed by atoms with Gasteiger partial charge in [-0.3, -0.25) is 9.59 Å². The fraction of sp³-hybridized carbons (Fsp3) is 0.905. The summed E-state index contributed by atoms with van der Waals surface area (Å²) in [5.41, 5.74) is 0.264. The van der Waals surface area contributed by atoms with Gasteiger partial charge in [0.1, 0.15) is 5.60 Å². The minimum atomic E-state index is -0.168. The average molecular weight is 345 g/mol. The molecule has 0 aromatic rings. The Morgan fingerprint density at radius 2 is 1.72 bits per heavy atom. The first-order chi connectivity index (χ1) is 11.9. The van der Waals surface area contributed by atoms with Gasteiger partial charge in [-0.25, -0.2) is 0 Å². The zero-order valence-electron chi connectivity index (χ0n) is 15.6. The molecule has 4 nitrogen and oxygen atoms in total. The molecule has 4 heteroatoms. The number of carbonyl (C=O) groups excluding carboxylic acids is 2. The summed E-state index contributed by atoms with van der Waals surface area (Å²) in [5.74, 6) is 2.42. The topological polar surface area (TPSA) is 55.4 Å². The van der Waals surface area contributed by atoms with Gasteiger partial charge >= 0.3 is 5.97 Å². The summed E-state index contributed by atoms with van der Waals surface area (Å²) >= 11 is 0. The number of fused-ring (bicyclic) bond motifs is 6. The summed E-state index contributed by atoms with van der Waals surface area (Å²) in [6.07, 6.45) is 10.4. The molecule has 5 fully saturated rings. The quantitative estimate of drug-likeness (QED) is 0.683. The van der Waals surface area contributed by atoms with Crippen LogP contribution in [0.25, 0.3) is 0 Å². The standard InChI is InChI=1S/C21H31NO3/c1-19-9-7-17(23)22-16(19)4-3-13-14(19)5-10-20(2)15(13)6-11-21(20)12-8-18(24)25-21/h13-16H,3-12H2,1-2H3,(H,22,23)/t13?,14?,15?,16?,19?,20?,21-/m1/s1. The van der Waals surface area contributed by atoms with E-state index in [1.807, 2.05) is 0 Å². The van der Waals surface area contributed by atoms with Crippen molar-refractivity contribution in [2.24, 2.45) is 28.6 Å². The van der Waals surface area contributed by atoms with E-state index in [4.69, 9.17) is 4.74 Å². The van der Waals surface area contributed by atoms with Gasteiger partial charge in [0.05, 0.1) is 0 Å². The van der Waals surface area contributed by atoms with Crippen LogP contribution in [0.2, 0.25) is 0 Å². The van der Waals surface area contributed by atoms with Gasteiger partial charge in [-0.15, -0.1) is 0 Å². The van der Waals surface area contributed by atoms with E-state index in [1.165, 1.54) is 25.7 Å². The van der Waals surface area contributed by atoms with Crippen LogP contribution in [0.3, 0.4) is 0 Å². The number of nitrogens with one attached hydrogen (secondary N) is 1. The molecule has 5 rings (SSSR count). The van der Waals surface area contributed by atoms with Crippen molar-refractivity contribution in [2.45, 2.75) is 89.7 Å². The predicted octanol–water partition coefficient (Wildman–Crippen LogP) is 3.58. The van der Waals surface area contributed by atoms with Crippen molar-refractivity contribution < 1.29 is 14.3 Å². The lowest BCUT2D eigenvalue weighted by Crippen LogP contribution is -2.62. The molecule has 3 aliphatic carbocycles. The molecule has 5 aliphatic rings. The number of ether oxygens (including phenoxy) is 1. The highest BCUT2D eigenvalue weighted by molar-refractivity contribution is 5.77. The molecule has 7 atom stereocenters. The second kappa shape index (κ2) is 5.01. The number of carbonyl (C=O) groups is 2. The van der Waals surface area contributed by atoms with E-state index in [-0.39, 0.29) is 28.3 Å². The van der Waals surface area contributed by atoms with Crippen LogP contribution >= 0.6 is 0 Å². The van der Waals surface area contributed by atoms with Crippen LogP contribution in [0.1, 0.15) is 78.1 Å². The highest BCUT2D eigenvalue weighted by Crippen LogP contribution is 2.68. The van der Waals surface area contributed by atoms with Gasteiger partial charge in [-0.2, -0.15) is 0 Å². The third-order valence-corrected chi connectivity index (χ3v) is 9.43. The van der Waals surface area contributed by atoms with E-state index in [9.17, 15) is 9.59 Å². The Morgan fingerprint density at radius 1 is 0.920 bits per heavy atom. The number of esters is 1. The molecule has 2 saturated heterocycles. The van der Waals surface area contributed by atoms with Crippen molar-refractivity contribution in [1.82, 2.24) is 5.32 Å². The normalized spacial score (nSPS) is 54.5. The molecule has 1 spiro atoms. The first-order valence-corrected chi connectivity index (χ1v) is 10.4. The predicted molar refractivity (Wildman–Crippen MR) is 93.6 cm³/mol. The molecule has 2 heterocycles. The third kappa shape index (κ3) is 1.94. The molecule has 0 aromatic heterocycles. The van der Waals surface area contributed by atoms with Crippen molar-refractivity contribution in [3.8, 4) is 0 Å². The van der Waals surface area contributed by atoms with Gasteiger partial charge in [0.15, 0.2) is 0 Å². The average Bonchev–Trinajstić information content (AvgIpc) is 3.10. The number of hydrogen-bond donors (Lipinski definition) is 1. The van der Waals surface area contributed by atoms with E-state index >= 15 is 0 Å². The maximum atomic E-state index is 11.9. The summed E-state index contributed by atoms with van der Waals surface area (Å²) in [6.45, 7) is 4.87. The minimum Gasteiger partial charge on any atom is -0.458 e. The van der Waals surface area contributed by atoms with Crippen LogP contribution in [0, 0.1) is 28.6 Å². The Hall–Kier alpha value is -1.06. The summed E-state index contributed by atoms with van der Waals surface area (Å²) in [5, 5.41) is 3.31. The Morgan fingerprint density at radius 3 is 2.48 bits per heavy atom. The minimum absolute atomic E-state index is 0.0228. The van der Waals surface area contributed by atoms with Crippen LogP contribution in [-0.4, -0.2) is 23.5 Å². The summed E-state index contributed by atoms with van der Waals surface area (Å²) in [7, 11) is 0. The largest absolute Gasteiger partial charge is 0.458 e. The van der Waals surface area contributed by atoms with E-state index in [0.717, 1.165) is 37.5 Å². The van der Waals surface area contributed by atoms with Crippen molar-refractivity contribution in [1.29, 1.82) is 0 Å². The van der Waals surface area contributed by atoms with Crippen LogP contribution in [0.4, 0.5) is 0 Å². The molecule has 1 N–H and O–H groups in total. The molecular weight excluding hydrogens is 314 g/mol. The Balaban J connectivity index is 1.46. The summed E-state index contributed by atoms with van der Waals surface area (Å²) in [4.78, 5) is 23.8. The van der Waals surface area contributed by atoms with Gasteiger partial charge in [-0.1, -0.05) is 13.8 Å². The highest BCUT2D eigenvalue weighted by Gasteiger charge is 2.67. The van der Waals surface area contributed by atoms with E-state index in [0.29, 0.717) is 24.8 Å². The molecule has 0 aromatic carbocycles. The van der Waals surface area contributed by atoms with Gasteiger partial charge in [0.25, 0.3) is 0 Å². The fourth-order valence-corrected chi connectivity index (χ4v) is 8.00. The molecule has 0 radical (unpaired) electrons. The molecule has 1 amide bonds. The number of piperidine rings is 1. The molecular formula is C21H31NO3. The molecule has 3 saturated carbocycles. The molecule has 6 unspecified atom stereocenters. The van der Waals surface area contributed by atoms with Crippen LogP contribution < -0.4 is 5.32 Å². The second-order valence-electron chi connectivity index (χ2n) is 10.0. The van der Waals surface area contributed by atoms with E-state index in [2.05, 4.69) is 19.2 Å². The van der Waals surface area contributed by atoms with E-state index < -0.39 is 0 Å². The second-order valence-corrected chi connectivity index (χ2v) is 10.0. The lowest BCUT2D eigenvalue weighted by atomic mass is 9.46. The Bertz CT molecular complexity index is 633. The lowest BCUT2D eigenvalue weighted by molar-refractivity contribution is -0.172. The zero-order valence-corrected chi connectivity index (χ0v) is 15.6. The Labute approximate surface area is 150 Å². The van der Waals surface area contributed by atoms with Gasteiger partial charge in [0.2, 0.25) is 5.91 Å². The third-order valence-electron chi connectivity index (χ3n) is 9.43.